The molecule has 0 saturated carbocycles. The first-order chi connectivity index (χ1) is 6.95. The van der Waals surface area contributed by atoms with E-state index in [1.54, 1.807) is 32.9 Å². The molecule has 0 aliphatic heterocycles. The summed E-state index contributed by atoms with van der Waals surface area (Å²) in [6.07, 6.45) is 0. The van der Waals surface area contributed by atoms with Crippen molar-refractivity contribution >= 4 is 5.97 Å². The molecule has 4 heteroatoms. The van der Waals surface area contributed by atoms with E-state index < -0.39 is 12.0 Å². The number of carbonyl (C=O) groups is 1. The lowest BCUT2D eigenvalue weighted by Crippen LogP contribution is -2.33. The Morgan fingerprint density at radius 1 is 1.40 bits per heavy atom. The highest BCUT2D eigenvalue weighted by Gasteiger charge is 2.25. The largest absolute Gasteiger partial charge is 0.480 e. The Hall–Kier alpha value is -1.58. The van der Waals surface area contributed by atoms with Gasteiger partial charge in [-0.1, -0.05) is 19.9 Å². The van der Waals surface area contributed by atoms with Crippen LogP contribution in [0.15, 0.2) is 23.0 Å². The van der Waals surface area contributed by atoms with Crippen LogP contribution in [0.25, 0.3) is 0 Å². The highest BCUT2D eigenvalue weighted by atomic mass is 16.4. The number of carboxylic acids is 1. The standard InChI is InChI=1S/C11H15NO3/c1-7(2)10(11(14)15)12-8(3)5-4-6-9(12)13/h4-7,10H,1-3H3,(H,14,15). The first-order valence-electron chi connectivity index (χ1n) is 4.86. The van der Waals surface area contributed by atoms with Crippen molar-refractivity contribution in [1.29, 1.82) is 0 Å². The maximum absolute atomic E-state index is 11.6. The topological polar surface area (TPSA) is 59.3 Å². The third-order valence-electron chi connectivity index (χ3n) is 2.36. The lowest BCUT2D eigenvalue weighted by atomic mass is 10.0. The van der Waals surface area contributed by atoms with E-state index in [9.17, 15) is 9.59 Å². The summed E-state index contributed by atoms with van der Waals surface area (Å²) in [4.78, 5) is 22.7. The van der Waals surface area contributed by atoms with E-state index in [0.717, 1.165) is 0 Å². The molecule has 1 aromatic rings. The van der Waals surface area contributed by atoms with Crippen molar-refractivity contribution in [2.24, 2.45) is 5.92 Å². The van der Waals surface area contributed by atoms with Crippen LogP contribution in [0.3, 0.4) is 0 Å². The molecule has 0 amide bonds. The molecule has 0 aliphatic rings. The van der Waals surface area contributed by atoms with Gasteiger partial charge in [0.15, 0.2) is 0 Å². The van der Waals surface area contributed by atoms with Gasteiger partial charge in [-0.05, 0) is 18.9 Å². The van der Waals surface area contributed by atoms with E-state index in [4.69, 9.17) is 5.11 Å². The predicted molar refractivity (Wildman–Crippen MR) is 56.9 cm³/mol. The molecule has 15 heavy (non-hydrogen) atoms. The maximum atomic E-state index is 11.6. The minimum atomic E-state index is -0.971. The van der Waals surface area contributed by atoms with Crippen molar-refractivity contribution < 1.29 is 9.90 Å². The lowest BCUT2D eigenvalue weighted by Gasteiger charge is -2.21. The average Bonchev–Trinajstić information content (AvgIpc) is 2.09. The molecule has 0 aliphatic carbocycles. The van der Waals surface area contributed by atoms with Crippen molar-refractivity contribution in [3.8, 4) is 0 Å². The molecule has 0 spiro atoms. The third kappa shape index (κ3) is 2.26. The number of rotatable bonds is 3. The van der Waals surface area contributed by atoms with Gasteiger partial charge in [-0.15, -0.1) is 0 Å². The molecular weight excluding hydrogens is 194 g/mol. The minimum absolute atomic E-state index is 0.124. The summed E-state index contributed by atoms with van der Waals surface area (Å²) in [5.74, 6) is -1.09. The molecule has 0 bridgehead atoms. The molecule has 0 radical (unpaired) electrons. The fraction of sp³-hybridized carbons (Fsp3) is 0.455. The van der Waals surface area contributed by atoms with Crippen LogP contribution in [-0.4, -0.2) is 15.6 Å². The fourth-order valence-corrected chi connectivity index (χ4v) is 1.65. The molecule has 1 unspecified atom stereocenters. The summed E-state index contributed by atoms with van der Waals surface area (Å²) in [6.45, 7) is 5.31. The number of nitrogens with zero attached hydrogens (tertiary/aromatic N) is 1. The van der Waals surface area contributed by atoms with Crippen LogP contribution < -0.4 is 5.56 Å². The molecule has 1 aromatic heterocycles. The van der Waals surface area contributed by atoms with Crippen molar-refractivity contribution in [3.05, 3.63) is 34.2 Å². The number of carboxylic acid groups (broad SMARTS) is 1. The highest BCUT2D eigenvalue weighted by molar-refractivity contribution is 5.72. The number of aliphatic carboxylic acids is 1. The average molecular weight is 209 g/mol. The molecule has 1 rings (SSSR count). The number of hydrogen-bond acceptors (Lipinski definition) is 2. The van der Waals surface area contributed by atoms with Gasteiger partial charge in [0, 0.05) is 11.8 Å². The summed E-state index contributed by atoms with van der Waals surface area (Å²) >= 11 is 0. The SMILES string of the molecule is Cc1cccc(=O)n1C(C(=O)O)C(C)C. The van der Waals surface area contributed by atoms with Crippen molar-refractivity contribution in [2.45, 2.75) is 26.8 Å². The molecular formula is C11H15NO3. The van der Waals surface area contributed by atoms with Crippen molar-refractivity contribution in [1.82, 2.24) is 4.57 Å². The highest BCUT2D eigenvalue weighted by Crippen LogP contribution is 2.17. The summed E-state index contributed by atoms with van der Waals surface area (Å²) in [6, 6.07) is 3.96. The summed E-state index contributed by atoms with van der Waals surface area (Å²) in [7, 11) is 0. The van der Waals surface area contributed by atoms with Gasteiger partial charge in [-0.3, -0.25) is 9.36 Å². The monoisotopic (exact) mass is 209 g/mol. The van der Waals surface area contributed by atoms with E-state index in [1.165, 1.54) is 10.6 Å². The molecule has 0 aromatic carbocycles. The molecule has 4 nitrogen and oxygen atoms in total. The number of aromatic nitrogens is 1. The van der Waals surface area contributed by atoms with E-state index in [1.807, 2.05) is 0 Å². The molecule has 0 fully saturated rings. The summed E-state index contributed by atoms with van der Waals surface area (Å²) < 4.78 is 1.33. The zero-order valence-electron chi connectivity index (χ0n) is 9.10. The Labute approximate surface area is 88.2 Å². The first-order valence-corrected chi connectivity index (χ1v) is 4.86. The molecule has 82 valence electrons. The Kier molecular flexibility index (Phi) is 3.29. The maximum Gasteiger partial charge on any atom is 0.327 e. The van der Waals surface area contributed by atoms with Crippen LogP contribution >= 0.6 is 0 Å². The molecule has 1 N–H and O–H groups in total. The van der Waals surface area contributed by atoms with Crippen molar-refractivity contribution in [2.75, 3.05) is 0 Å². The normalized spacial score (nSPS) is 12.8. The molecule has 0 saturated heterocycles. The zero-order valence-corrected chi connectivity index (χ0v) is 9.10. The molecule has 1 heterocycles. The van der Waals surface area contributed by atoms with Gasteiger partial charge in [0.25, 0.3) is 5.56 Å². The second kappa shape index (κ2) is 4.29. The van der Waals surface area contributed by atoms with Crippen LogP contribution in [0.1, 0.15) is 25.6 Å². The van der Waals surface area contributed by atoms with Crippen LogP contribution in [0, 0.1) is 12.8 Å². The number of hydrogen-bond donors (Lipinski definition) is 1. The van der Waals surface area contributed by atoms with E-state index in [0.29, 0.717) is 5.69 Å². The zero-order chi connectivity index (χ0) is 11.6. The summed E-state index contributed by atoms with van der Waals surface area (Å²) in [5.41, 5.74) is 0.403. The van der Waals surface area contributed by atoms with Gasteiger partial charge >= 0.3 is 5.97 Å². The van der Waals surface area contributed by atoms with E-state index in [2.05, 4.69) is 0 Å². The molecule has 1 atom stereocenters. The minimum Gasteiger partial charge on any atom is -0.480 e. The number of aryl methyl sites for hydroxylation is 1. The van der Waals surface area contributed by atoms with Gasteiger partial charge in [0.2, 0.25) is 0 Å². The second-order valence-corrected chi connectivity index (χ2v) is 3.90. The lowest BCUT2D eigenvalue weighted by molar-refractivity contribution is -0.142. The van der Waals surface area contributed by atoms with Crippen LogP contribution in [0.4, 0.5) is 0 Å². The predicted octanol–water partition coefficient (Wildman–Crippen LogP) is 1.44. The first kappa shape index (κ1) is 11.5. The smallest absolute Gasteiger partial charge is 0.327 e. The van der Waals surface area contributed by atoms with Gasteiger partial charge < -0.3 is 5.11 Å². The quantitative estimate of drug-likeness (QED) is 0.819. The van der Waals surface area contributed by atoms with Gasteiger partial charge in [0.05, 0.1) is 0 Å². The van der Waals surface area contributed by atoms with Crippen LogP contribution in [-0.2, 0) is 4.79 Å². The Morgan fingerprint density at radius 2 is 2.00 bits per heavy atom. The second-order valence-electron chi connectivity index (χ2n) is 3.90. The van der Waals surface area contributed by atoms with Crippen LogP contribution in [0.2, 0.25) is 0 Å². The van der Waals surface area contributed by atoms with Crippen molar-refractivity contribution in [3.63, 3.8) is 0 Å². The van der Waals surface area contributed by atoms with E-state index >= 15 is 0 Å². The number of pyridine rings is 1. The third-order valence-corrected chi connectivity index (χ3v) is 2.36. The Balaban J connectivity index is 3.35. The Morgan fingerprint density at radius 3 is 2.40 bits per heavy atom. The van der Waals surface area contributed by atoms with Gasteiger partial charge in [-0.2, -0.15) is 0 Å². The van der Waals surface area contributed by atoms with E-state index in [-0.39, 0.29) is 11.5 Å². The van der Waals surface area contributed by atoms with Gasteiger partial charge in [-0.25, -0.2) is 4.79 Å². The summed E-state index contributed by atoms with van der Waals surface area (Å²) in [5, 5.41) is 9.09. The van der Waals surface area contributed by atoms with Crippen LogP contribution in [0.5, 0.6) is 0 Å². The van der Waals surface area contributed by atoms with Gasteiger partial charge in [0.1, 0.15) is 6.04 Å². The Bertz CT molecular complexity index is 420. The fourth-order valence-electron chi connectivity index (χ4n) is 1.65.